The standard InChI is InChI=1S/C18H17ClN2/c19-17(14-6-2-1-3-7-14)13-20-12-16-11-10-15-8-4-5-9-18(15)21-16/h1-11,17,20H,12-13H2. The summed E-state index contributed by atoms with van der Waals surface area (Å²) in [5, 5.41) is 4.52. The maximum atomic E-state index is 6.38. The fourth-order valence-corrected chi connectivity index (χ4v) is 2.57. The molecular weight excluding hydrogens is 280 g/mol. The number of hydrogen-bond acceptors (Lipinski definition) is 2. The Hall–Kier alpha value is -1.90. The van der Waals surface area contributed by atoms with E-state index in [-0.39, 0.29) is 5.38 Å². The maximum Gasteiger partial charge on any atom is 0.0709 e. The molecule has 3 heteroatoms. The number of nitrogens with zero attached hydrogens (tertiary/aromatic N) is 1. The van der Waals surface area contributed by atoms with Crippen LogP contribution in [0.1, 0.15) is 16.6 Å². The molecule has 3 rings (SSSR count). The Morgan fingerprint density at radius 3 is 2.52 bits per heavy atom. The molecule has 1 heterocycles. The van der Waals surface area contributed by atoms with Crippen molar-refractivity contribution in [2.75, 3.05) is 6.54 Å². The Balaban J connectivity index is 1.59. The summed E-state index contributed by atoms with van der Waals surface area (Å²) in [5.74, 6) is 0. The number of aromatic nitrogens is 1. The molecule has 2 nitrogen and oxygen atoms in total. The van der Waals surface area contributed by atoms with E-state index in [0.717, 1.165) is 29.9 Å². The lowest BCUT2D eigenvalue weighted by Gasteiger charge is -2.11. The maximum absolute atomic E-state index is 6.38. The molecule has 1 unspecified atom stereocenters. The van der Waals surface area contributed by atoms with E-state index in [1.54, 1.807) is 0 Å². The molecule has 0 radical (unpaired) electrons. The summed E-state index contributed by atoms with van der Waals surface area (Å²) in [6.45, 7) is 1.45. The Labute approximate surface area is 129 Å². The fourth-order valence-electron chi connectivity index (χ4n) is 2.31. The van der Waals surface area contributed by atoms with Gasteiger partial charge in [-0.15, -0.1) is 11.6 Å². The first-order chi connectivity index (χ1) is 10.3. The number of fused-ring (bicyclic) bond motifs is 1. The summed E-state index contributed by atoms with van der Waals surface area (Å²) in [4.78, 5) is 4.64. The molecule has 0 amide bonds. The third-order valence-electron chi connectivity index (χ3n) is 3.45. The first-order valence-corrected chi connectivity index (χ1v) is 7.51. The highest BCUT2D eigenvalue weighted by atomic mass is 35.5. The zero-order valence-electron chi connectivity index (χ0n) is 11.7. The highest BCUT2D eigenvalue weighted by molar-refractivity contribution is 6.21. The number of alkyl halides is 1. The molecule has 0 aliphatic rings. The van der Waals surface area contributed by atoms with Crippen molar-refractivity contribution in [3.63, 3.8) is 0 Å². The van der Waals surface area contributed by atoms with Crippen LogP contribution in [-0.2, 0) is 6.54 Å². The van der Waals surface area contributed by atoms with Crippen LogP contribution in [0.4, 0.5) is 0 Å². The molecule has 0 fully saturated rings. The van der Waals surface area contributed by atoms with Gasteiger partial charge >= 0.3 is 0 Å². The molecule has 0 bridgehead atoms. The fraction of sp³-hybridized carbons (Fsp3) is 0.167. The lowest BCUT2D eigenvalue weighted by atomic mass is 10.1. The van der Waals surface area contributed by atoms with Crippen LogP contribution in [0.15, 0.2) is 66.7 Å². The van der Waals surface area contributed by atoms with Gasteiger partial charge in [-0.25, -0.2) is 0 Å². The van der Waals surface area contributed by atoms with E-state index in [2.05, 4.69) is 28.5 Å². The van der Waals surface area contributed by atoms with E-state index in [4.69, 9.17) is 11.6 Å². The van der Waals surface area contributed by atoms with E-state index < -0.39 is 0 Å². The Kier molecular flexibility index (Phi) is 4.49. The van der Waals surface area contributed by atoms with Crippen LogP contribution < -0.4 is 5.32 Å². The van der Waals surface area contributed by atoms with Crippen LogP contribution in [0.2, 0.25) is 0 Å². The first-order valence-electron chi connectivity index (χ1n) is 7.07. The second kappa shape index (κ2) is 6.70. The SMILES string of the molecule is ClC(CNCc1ccc2ccccc2n1)c1ccccc1. The van der Waals surface area contributed by atoms with Crippen molar-refractivity contribution in [1.29, 1.82) is 0 Å². The summed E-state index contributed by atoms with van der Waals surface area (Å²) in [6, 6.07) is 22.4. The zero-order chi connectivity index (χ0) is 14.5. The van der Waals surface area contributed by atoms with Crippen LogP contribution in [0.25, 0.3) is 10.9 Å². The zero-order valence-corrected chi connectivity index (χ0v) is 12.4. The van der Waals surface area contributed by atoms with E-state index in [0.29, 0.717) is 0 Å². The van der Waals surface area contributed by atoms with Gasteiger partial charge in [0.2, 0.25) is 0 Å². The smallest absolute Gasteiger partial charge is 0.0709 e. The van der Waals surface area contributed by atoms with Gasteiger partial charge in [0.15, 0.2) is 0 Å². The lowest BCUT2D eigenvalue weighted by molar-refractivity contribution is 0.665. The molecular formula is C18H17ClN2. The molecule has 0 saturated carbocycles. The van der Waals surface area contributed by atoms with Crippen molar-refractivity contribution in [1.82, 2.24) is 10.3 Å². The molecule has 106 valence electrons. The molecule has 21 heavy (non-hydrogen) atoms. The van der Waals surface area contributed by atoms with Gasteiger partial charge in [0, 0.05) is 18.5 Å². The van der Waals surface area contributed by atoms with Gasteiger partial charge in [-0.3, -0.25) is 4.98 Å². The first kappa shape index (κ1) is 14.1. The number of hydrogen-bond donors (Lipinski definition) is 1. The van der Waals surface area contributed by atoms with Crippen LogP contribution in [0.5, 0.6) is 0 Å². The number of para-hydroxylation sites is 1. The van der Waals surface area contributed by atoms with Crippen molar-refractivity contribution < 1.29 is 0 Å². The normalized spacial score (nSPS) is 12.4. The summed E-state index contributed by atoms with van der Waals surface area (Å²) < 4.78 is 0. The summed E-state index contributed by atoms with van der Waals surface area (Å²) >= 11 is 6.38. The second-order valence-corrected chi connectivity index (χ2v) is 5.53. The Morgan fingerprint density at radius 2 is 1.67 bits per heavy atom. The molecule has 1 aromatic heterocycles. The van der Waals surface area contributed by atoms with E-state index in [9.17, 15) is 0 Å². The number of rotatable bonds is 5. The van der Waals surface area contributed by atoms with E-state index in [1.807, 2.05) is 48.5 Å². The summed E-state index contributed by atoms with van der Waals surface area (Å²) in [5.41, 5.74) is 3.20. The van der Waals surface area contributed by atoms with Crippen LogP contribution >= 0.6 is 11.6 Å². The predicted octanol–water partition coefficient (Wildman–Crippen LogP) is 4.30. The third kappa shape index (κ3) is 3.60. The predicted molar refractivity (Wildman–Crippen MR) is 88.5 cm³/mol. The van der Waals surface area contributed by atoms with E-state index >= 15 is 0 Å². The van der Waals surface area contributed by atoms with Gasteiger partial charge in [0.25, 0.3) is 0 Å². The van der Waals surface area contributed by atoms with Gasteiger partial charge < -0.3 is 5.32 Å². The van der Waals surface area contributed by atoms with Crippen LogP contribution in [-0.4, -0.2) is 11.5 Å². The minimum absolute atomic E-state index is 0.0216. The molecule has 3 aromatic rings. The minimum atomic E-state index is -0.0216. The minimum Gasteiger partial charge on any atom is -0.309 e. The summed E-state index contributed by atoms with van der Waals surface area (Å²) in [7, 11) is 0. The van der Waals surface area contributed by atoms with Gasteiger partial charge in [0.1, 0.15) is 0 Å². The van der Waals surface area contributed by atoms with Gasteiger partial charge in [-0.2, -0.15) is 0 Å². The largest absolute Gasteiger partial charge is 0.309 e. The second-order valence-electron chi connectivity index (χ2n) is 5.00. The number of pyridine rings is 1. The highest BCUT2D eigenvalue weighted by Gasteiger charge is 2.06. The third-order valence-corrected chi connectivity index (χ3v) is 3.85. The average Bonchev–Trinajstić information content (AvgIpc) is 2.55. The van der Waals surface area contributed by atoms with Gasteiger partial charge in [0.05, 0.1) is 16.6 Å². The van der Waals surface area contributed by atoms with Crippen molar-refractivity contribution in [2.45, 2.75) is 11.9 Å². The number of nitrogens with one attached hydrogen (secondary N) is 1. The Bertz CT molecular complexity index is 712. The van der Waals surface area contributed by atoms with E-state index in [1.165, 1.54) is 5.39 Å². The highest BCUT2D eigenvalue weighted by Crippen LogP contribution is 2.19. The quantitative estimate of drug-likeness (QED) is 0.710. The van der Waals surface area contributed by atoms with Crippen molar-refractivity contribution in [2.24, 2.45) is 0 Å². The molecule has 1 N–H and O–H groups in total. The van der Waals surface area contributed by atoms with Crippen LogP contribution in [0, 0.1) is 0 Å². The molecule has 0 aliphatic heterocycles. The molecule has 0 aliphatic carbocycles. The molecule has 0 spiro atoms. The van der Waals surface area contributed by atoms with Crippen molar-refractivity contribution in [3.8, 4) is 0 Å². The monoisotopic (exact) mass is 296 g/mol. The molecule has 0 saturated heterocycles. The average molecular weight is 297 g/mol. The Morgan fingerprint density at radius 1 is 0.905 bits per heavy atom. The number of halogens is 1. The van der Waals surface area contributed by atoms with Crippen LogP contribution in [0.3, 0.4) is 0 Å². The number of benzene rings is 2. The van der Waals surface area contributed by atoms with Crippen molar-refractivity contribution in [3.05, 3.63) is 78.0 Å². The summed E-state index contributed by atoms with van der Waals surface area (Å²) in [6.07, 6.45) is 0. The van der Waals surface area contributed by atoms with Gasteiger partial charge in [-0.1, -0.05) is 54.6 Å². The molecule has 2 aromatic carbocycles. The van der Waals surface area contributed by atoms with Crippen molar-refractivity contribution >= 4 is 22.5 Å². The van der Waals surface area contributed by atoms with Gasteiger partial charge in [-0.05, 0) is 17.7 Å². The molecule has 1 atom stereocenters. The lowest BCUT2D eigenvalue weighted by Crippen LogP contribution is -2.19. The topological polar surface area (TPSA) is 24.9 Å².